The Bertz CT molecular complexity index is 1480. The van der Waals surface area contributed by atoms with Crippen molar-refractivity contribution >= 4 is 52.5 Å². The summed E-state index contributed by atoms with van der Waals surface area (Å²) in [7, 11) is 1.53. The molecule has 2 aliphatic rings. The van der Waals surface area contributed by atoms with E-state index in [1.165, 1.54) is 23.8 Å². The van der Waals surface area contributed by atoms with Crippen molar-refractivity contribution in [2.45, 2.75) is 22.7 Å². The van der Waals surface area contributed by atoms with Gasteiger partial charge in [0.15, 0.2) is 0 Å². The van der Waals surface area contributed by atoms with Crippen molar-refractivity contribution in [3.8, 4) is 11.5 Å². The van der Waals surface area contributed by atoms with Crippen LogP contribution in [0.2, 0.25) is 0 Å². The van der Waals surface area contributed by atoms with Gasteiger partial charge in [-0.05, 0) is 42.0 Å². The van der Waals surface area contributed by atoms with E-state index in [0.717, 1.165) is 23.1 Å². The number of benzene rings is 2. The molecule has 0 bridgehead atoms. The van der Waals surface area contributed by atoms with Crippen LogP contribution in [0.1, 0.15) is 16.4 Å². The van der Waals surface area contributed by atoms with Gasteiger partial charge in [0.25, 0.3) is 5.91 Å². The lowest BCUT2D eigenvalue weighted by Gasteiger charge is -2.30. The van der Waals surface area contributed by atoms with Gasteiger partial charge >= 0.3 is 10.9 Å². The number of phenols is 1. The van der Waals surface area contributed by atoms with E-state index in [-0.39, 0.29) is 12.3 Å². The average Bonchev–Trinajstić information content (AvgIpc) is 3.31. The number of phenolic OH excluding ortho intramolecular Hbond substituents is 1. The van der Waals surface area contributed by atoms with E-state index >= 15 is 0 Å². The number of anilines is 1. The van der Waals surface area contributed by atoms with Crippen LogP contribution >= 0.6 is 23.1 Å². The summed E-state index contributed by atoms with van der Waals surface area (Å²) in [6.45, 7) is -0.328. The first-order valence-electron chi connectivity index (χ1n) is 11.0. The van der Waals surface area contributed by atoms with E-state index in [4.69, 9.17) is 10.5 Å². The monoisotopic (exact) mass is 540 g/mol. The quantitative estimate of drug-likeness (QED) is 0.414. The van der Waals surface area contributed by atoms with E-state index < -0.39 is 45.7 Å². The molecule has 0 spiro atoms. The molecule has 0 radical (unpaired) electrons. The van der Waals surface area contributed by atoms with E-state index in [2.05, 4.69) is 5.32 Å². The smallest absolute Gasteiger partial charge is 0.328 e. The van der Waals surface area contributed by atoms with Gasteiger partial charge in [-0.25, -0.2) is 4.79 Å². The Hall–Kier alpha value is -4.10. The second-order valence-electron chi connectivity index (χ2n) is 8.38. The van der Waals surface area contributed by atoms with Crippen LogP contribution in [-0.2, 0) is 20.9 Å². The van der Waals surface area contributed by atoms with Crippen molar-refractivity contribution in [1.29, 1.82) is 0 Å². The lowest BCUT2D eigenvalue weighted by atomic mass is 9.83. The Morgan fingerprint density at radius 3 is 2.35 bits per heavy atom. The molecule has 5 amide bonds. The summed E-state index contributed by atoms with van der Waals surface area (Å²) >= 11 is 1.84. The third-order valence-corrected chi connectivity index (χ3v) is 8.80. The summed E-state index contributed by atoms with van der Waals surface area (Å²) < 4.78 is 6.37. The molecular weight excluding hydrogens is 520 g/mol. The largest absolute Gasteiger partial charge is 0.508 e. The highest BCUT2D eigenvalue weighted by molar-refractivity contribution is 8.00. The summed E-state index contributed by atoms with van der Waals surface area (Å²) in [6.07, 6.45) is 0. The summed E-state index contributed by atoms with van der Waals surface area (Å²) in [5.41, 5.74) is 6.39. The maximum absolute atomic E-state index is 13.2. The van der Waals surface area contributed by atoms with E-state index in [9.17, 15) is 29.1 Å². The number of likely N-dealkylation sites (tertiary alicyclic amines) is 1. The molecule has 3 unspecified atom stereocenters. The standard InChI is InChI=1S/C24H20N4O7S2/c1-35-14-8-4-12(5-9-14)26-15(30)10-27-22-19(37-24(27)34)16(11-2-6-13(29)7-3-11)17-18(36-22)21(32)28(20(17)31)23(25)33/h2-9,16-18,29H,10H2,1H3,(H2,25,33)(H,26,30). The molecule has 1 saturated heterocycles. The van der Waals surface area contributed by atoms with Crippen LogP contribution in [0, 0.1) is 5.92 Å². The molecule has 3 aromatic rings. The first-order valence-corrected chi connectivity index (χ1v) is 12.7. The fourth-order valence-corrected chi connectivity index (χ4v) is 7.30. The van der Waals surface area contributed by atoms with Crippen LogP contribution < -0.4 is 20.7 Å². The second kappa shape index (κ2) is 9.41. The number of nitrogens with one attached hydrogen (secondary N) is 1. The third kappa shape index (κ3) is 4.25. The molecule has 1 aromatic heterocycles. The number of carbonyl (C=O) groups excluding carboxylic acids is 4. The number of aromatic nitrogens is 1. The molecule has 190 valence electrons. The van der Waals surface area contributed by atoms with Crippen molar-refractivity contribution in [1.82, 2.24) is 9.47 Å². The predicted molar refractivity (Wildman–Crippen MR) is 135 cm³/mol. The molecule has 3 atom stereocenters. The number of hydrogen-bond donors (Lipinski definition) is 3. The van der Waals surface area contributed by atoms with Crippen molar-refractivity contribution < 1.29 is 29.0 Å². The minimum absolute atomic E-state index is 0.000689. The zero-order chi connectivity index (χ0) is 26.4. The summed E-state index contributed by atoms with van der Waals surface area (Å²) in [5.74, 6) is -3.11. The van der Waals surface area contributed by atoms with Crippen molar-refractivity contribution in [2.75, 3.05) is 12.4 Å². The predicted octanol–water partition coefficient (Wildman–Crippen LogP) is 1.93. The number of hydrogen-bond acceptors (Lipinski definition) is 9. The minimum atomic E-state index is -1.17. The van der Waals surface area contributed by atoms with Gasteiger partial charge < -0.3 is 20.9 Å². The van der Waals surface area contributed by atoms with Gasteiger partial charge in [0.2, 0.25) is 11.8 Å². The number of imide groups is 3. The van der Waals surface area contributed by atoms with Crippen LogP contribution in [0.5, 0.6) is 11.5 Å². The zero-order valence-electron chi connectivity index (χ0n) is 19.2. The molecule has 2 aliphatic heterocycles. The topological polar surface area (TPSA) is 161 Å². The average molecular weight is 541 g/mol. The Kier molecular flexibility index (Phi) is 6.25. The molecular formula is C24H20N4O7S2. The molecule has 0 saturated carbocycles. The van der Waals surface area contributed by atoms with Gasteiger partial charge in [-0.2, -0.15) is 4.90 Å². The molecule has 13 heteroatoms. The van der Waals surface area contributed by atoms with Crippen molar-refractivity contribution in [3.05, 3.63) is 68.6 Å². The summed E-state index contributed by atoms with van der Waals surface area (Å²) in [6, 6.07) is 11.5. The fraction of sp³-hybridized carbons (Fsp3) is 0.208. The highest BCUT2D eigenvalue weighted by Gasteiger charge is 2.57. The number of nitrogens with zero attached hydrogens (tertiary/aromatic N) is 2. The molecule has 4 N–H and O–H groups in total. The van der Waals surface area contributed by atoms with Crippen molar-refractivity contribution in [3.63, 3.8) is 0 Å². The van der Waals surface area contributed by atoms with Gasteiger partial charge in [0.1, 0.15) is 23.3 Å². The van der Waals surface area contributed by atoms with Gasteiger partial charge in [-0.15, -0.1) is 0 Å². The SMILES string of the molecule is COc1ccc(NC(=O)Cn2c3c(sc2=O)C(c2ccc(O)cc2)C2C(=O)N(C(N)=O)C(=O)C2S3)cc1. The number of thioether (sulfide) groups is 1. The van der Waals surface area contributed by atoms with Crippen LogP contribution in [-0.4, -0.2) is 50.7 Å². The molecule has 11 nitrogen and oxygen atoms in total. The zero-order valence-corrected chi connectivity index (χ0v) is 20.9. The number of aromatic hydroxyl groups is 1. The number of urea groups is 1. The Labute approximate surface area is 217 Å². The van der Waals surface area contributed by atoms with Crippen LogP contribution in [0.3, 0.4) is 0 Å². The molecule has 37 heavy (non-hydrogen) atoms. The third-order valence-electron chi connectivity index (χ3n) is 6.20. The van der Waals surface area contributed by atoms with E-state index in [0.29, 0.717) is 31.8 Å². The molecule has 1 fully saturated rings. The van der Waals surface area contributed by atoms with Crippen molar-refractivity contribution in [2.24, 2.45) is 11.7 Å². The van der Waals surface area contributed by atoms with Crippen LogP contribution in [0.25, 0.3) is 0 Å². The number of fused-ring (bicyclic) bond motifs is 2. The Morgan fingerprint density at radius 2 is 1.73 bits per heavy atom. The maximum atomic E-state index is 13.2. The Balaban J connectivity index is 1.53. The first-order chi connectivity index (χ1) is 17.7. The highest BCUT2D eigenvalue weighted by atomic mass is 32.2. The normalized spacial score (nSPS) is 20.4. The maximum Gasteiger partial charge on any atom is 0.328 e. The molecule has 0 aliphatic carbocycles. The lowest BCUT2D eigenvalue weighted by molar-refractivity contribution is -0.135. The first kappa shape index (κ1) is 24.6. The number of ether oxygens (including phenoxy) is 1. The number of methoxy groups -OCH3 is 1. The number of nitrogens with two attached hydrogens (primary N) is 1. The molecule has 3 heterocycles. The number of carbonyl (C=O) groups is 4. The summed E-state index contributed by atoms with van der Waals surface area (Å²) in [4.78, 5) is 64.4. The van der Waals surface area contributed by atoms with Crippen LogP contribution in [0.4, 0.5) is 10.5 Å². The van der Waals surface area contributed by atoms with E-state index in [1.807, 2.05) is 0 Å². The molecule has 5 rings (SSSR count). The number of rotatable bonds is 5. The molecule has 2 aromatic carbocycles. The number of primary amides is 1. The van der Waals surface area contributed by atoms with Gasteiger partial charge in [-0.3, -0.25) is 23.7 Å². The lowest BCUT2D eigenvalue weighted by Crippen LogP contribution is -2.41. The van der Waals surface area contributed by atoms with Gasteiger partial charge in [-0.1, -0.05) is 35.2 Å². The fourth-order valence-electron chi connectivity index (χ4n) is 4.53. The second-order valence-corrected chi connectivity index (χ2v) is 10.5. The van der Waals surface area contributed by atoms with E-state index in [1.54, 1.807) is 36.4 Å². The van der Waals surface area contributed by atoms with Gasteiger partial charge in [0, 0.05) is 16.5 Å². The van der Waals surface area contributed by atoms with Gasteiger partial charge in [0.05, 0.1) is 18.1 Å². The Morgan fingerprint density at radius 1 is 1.05 bits per heavy atom. The number of amides is 5. The van der Waals surface area contributed by atoms with Crippen LogP contribution in [0.15, 0.2) is 58.4 Å². The highest BCUT2D eigenvalue weighted by Crippen LogP contribution is 2.53. The minimum Gasteiger partial charge on any atom is -0.508 e. The number of thiazole rings is 1. The summed E-state index contributed by atoms with van der Waals surface area (Å²) in [5, 5.41) is 11.8.